The third-order valence-corrected chi connectivity index (χ3v) is 7.25. The zero-order valence-electron chi connectivity index (χ0n) is 23.7. The normalized spacial score (nSPS) is 14.5. The molecule has 1 atom stereocenters. The zero-order valence-corrected chi connectivity index (χ0v) is 23.7. The Labute approximate surface area is 234 Å². The number of benzene rings is 3. The lowest BCUT2D eigenvalue weighted by atomic mass is 9.97. The molecule has 7 nitrogen and oxygen atoms in total. The van der Waals surface area contributed by atoms with Crippen LogP contribution in [0.2, 0.25) is 0 Å². The zero-order chi connectivity index (χ0) is 28.4. The molecule has 7 heteroatoms. The first-order valence-corrected chi connectivity index (χ1v) is 13.9. The predicted octanol–water partition coefficient (Wildman–Crippen LogP) is 7.14. The topological polar surface area (TPSA) is 78.2 Å². The lowest BCUT2D eigenvalue weighted by Gasteiger charge is -2.26. The Morgan fingerprint density at radius 3 is 2.25 bits per heavy atom. The van der Waals surface area contributed by atoms with Crippen molar-refractivity contribution < 1.29 is 23.4 Å². The van der Waals surface area contributed by atoms with Crippen molar-refractivity contribution in [3.63, 3.8) is 0 Å². The second-order valence-electron chi connectivity index (χ2n) is 9.95. The fourth-order valence-corrected chi connectivity index (χ4v) is 5.09. The van der Waals surface area contributed by atoms with Gasteiger partial charge in [-0.1, -0.05) is 19.4 Å². The lowest BCUT2D eigenvalue weighted by Crippen LogP contribution is -2.29. The highest BCUT2D eigenvalue weighted by Gasteiger charge is 2.44. The Kier molecular flexibility index (Phi) is 7.83. The van der Waals surface area contributed by atoms with E-state index >= 15 is 0 Å². The van der Waals surface area contributed by atoms with E-state index in [1.54, 1.807) is 4.90 Å². The molecular formula is C33H35NO6. The molecule has 0 radical (unpaired) electrons. The van der Waals surface area contributed by atoms with Crippen LogP contribution in [0.3, 0.4) is 0 Å². The van der Waals surface area contributed by atoms with Crippen LogP contribution in [-0.4, -0.2) is 25.7 Å². The maximum absolute atomic E-state index is 14.1. The van der Waals surface area contributed by atoms with E-state index in [-0.39, 0.29) is 17.1 Å². The first-order valence-electron chi connectivity index (χ1n) is 13.9. The molecule has 0 bridgehead atoms. The number of amides is 1. The highest BCUT2D eigenvalue weighted by atomic mass is 16.5. The number of carbonyl (C=O) groups excluding carboxylic acids is 1. The number of hydrogen-bond acceptors (Lipinski definition) is 6. The molecule has 0 saturated carbocycles. The van der Waals surface area contributed by atoms with E-state index in [1.807, 2.05) is 82.3 Å². The van der Waals surface area contributed by atoms with Crippen LogP contribution in [-0.2, 0) is 0 Å². The fraction of sp³-hybridized carbons (Fsp3) is 0.333. The Morgan fingerprint density at radius 1 is 0.825 bits per heavy atom. The van der Waals surface area contributed by atoms with Crippen molar-refractivity contribution in [2.75, 3.05) is 24.7 Å². The molecule has 0 fully saturated rings. The summed E-state index contributed by atoms with van der Waals surface area (Å²) in [6.07, 6.45) is 1.94. The molecule has 1 aliphatic rings. The Hall–Kier alpha value is -4.26. The average molecular weight is 542 g/mol. The van der Waals surface area contributed by atoms with Gasteiger partial charge in [-0.2, -0.15) is 0 Å². The molecule has 0 N–H and O–H groups in total. The number of nitrogens with zero attached hydrogens (tertiary/aromatic N) is 1. The molecule has 3 aromatic carbocycles. The minimum atomic E-state index is -0.716. The van der Waals surface area contributed by atoms with Crippen molar-refractivity contribution in [1.29, 1.82) is 0 Å². The van der Waals surface area contributed by atoms with Crippen LogP contribution >= 0.6 is 0 Å². The Balaban J connectivity index is 1.70. The number of ether oxygens (including phenoxy) is 3. The molecule has 0 spiro atoms. The number of aryl methyl sites for hydroxylation is 2. The second kappa shape index (κ2) is 11.5. The standard InChI is InChI=1S/C33H35NO6/c1-6-9-16-39-26-15-10-22(19-28(26)38-8-3)30-29-31(35)25-17-20(4)21(5)18-27(25)40-32(29)33(36)34(30)23-11-13-24(14-12-23)37-7-2/h10-15,17-19,30H,6-9,16H2,1-5H3. The van der Waals surface area contributed by atoms with Crippen molar-refractivity contribution in [1.82, 2.24) is 0 Å². The molecule has 1 unspecified atom stereocenters. The molecule has 0 saturated heterocycles. The second-order valence-corrected chi connectivity index (χ2v) is 9.95. The SMILES string of the molecule is CCCCOc1ccc(C2c3c(oc4cc(C)c(C)cc4c3=O)C(=O)N2c2ccc(OCC)cc2)cc1OCC. The van der Waals surface area contributed by atoms with E-state index in [1.165, 1.54) is 0 Å². The summed E-state index contributed by atoms with van der Waals surface area (Å²) in [5.74, 6) is 1.58. The smallest absolute Gasteiger partial charge is 0.295 e. The van der Waals surface area contributed by atoms with E-state index in [0.29, 0.717) is 59.3 Å². The third-order valence-electron chi connectivity index (χ3n) is 7.25. The van der Waals surface area contributed by atoms with Gasteiger partial charge in [-0.25, -0.2) is 0 Å². The number of unbranched alkanes of at least 4 members (excludes halogenated alkanes) is 1. The summed E-state index contributed by atoms with van der Waals surface area (Å²) >= 11 is 0. The van der Waals surface area contributed by atoms with Crippen LogP contribution in [0, 0.1) is 13.8 Å². The molecule has 4 aromatic rings. The number of rotatable bonds is 10. The van der Waals surface area contributed by atoms with E-state index in [2.05, 4.69) is 6.92 Å². The Bertz CT molecular complexity index is 1600. The van der Waals surface area contributed by atoms with Gasteiger partial charge in [0.15, 0.2) is 16.9 Å². The predicted molar refractivity (Wildman–Crippen MR) is 156 cm³/mol. The van der Waals surface area contributed by atoms with Gasteiger partial charge >= 0.3 is 0 Å². The molecule has 1 amide bonds. The van der Waals surface area contributed by atoms with Gasteiger partial charge in [0.25, 0.3) is 5.91 Å². The number of carbonyl (C=O) groups is 1. The molecule has 2 heterocycles. The van der Waals surface area contributed by atoms with E-state index in [0.717, 1.165) is 29.5 Å². The van der Waals surface area contributed by atoms with Gasteiger partial charge in [0.05, 0.1) is 36.8 Å². The van der Waals surface area contributed by atoms with Gasteiger partial charge in [-0.05, 0) is 99.3 Å². The monoisotopic (exact) mass is 541 g/mol. The minimum absolute atomic E-state index is 0.0564. The Morgan fingerprint density at radius 2 is 1.55 bits per heavy atom. The van der Waals surface area contributed by atoms with Gasteiger partial charge in [0.2, 0.25) is 5.76 Å². The van der Waals surface area contributed by atoms with Crippen LogP contribution in [0.15, 0.2) is 63.8 Å². The highest BCUT2D eigenvalue weighted by Crippen LogP contribution is 2.43. The van der Waals surface area contributed by atoms with E-state index < -0.39 is 6.04 Å². The summed E-state index contributed by atoms with van der Waals surface area (Å²) in [4.78, 5) is 29.7. The maximum Gasteiger partial charge on any atom is 0.295 e. The van der Waals surface area contributed by atoms with Gasteiger partial charge in [0, 0.05) is 5.69 Å². The average Bonchev–Trinajstić information content (AvgIpc) is 3.24. The van der Waals surface area contributed by atoms with E-state index in [9.17, 15) is 9.59 Å². The number of hydrogen-bond donors (Lipinski definition) is 0. The molecule has 5 rings (SSSR count). The maximum atomic E-state index is 14.1. The lowest BCUT2D eigenvalue weighted by molar-refractivity contribution is 0.0971. The van der Waals surface area contributed by atoms with Crippen LogP contribution in [0.1, 0.15) is 72.5 Å². The molecule has 40 heavy (non-hydrogen) atoms. The highest BCUT2D eigenvalue weighted by molar-refractivity contribution is 6.10. The summed E-state index contributed by atoms with van der Waals surface area (Å²) < 4.78 is 23.7. The van der Waals surface area contributed by atoms with Crippen LogP contribution in [0.4, 0.5) is 5.69 Å². The number of fused-ring (bicyclic) bond motifs is 2. The minimum Gasteiger partial charge on any atom is -0.494 e. The van der Waals surface area contributed by atoms with Crippen molar-refractivity contribution in [3.8, 4) is 17.2 Å². The van der Waals surface area contributed by atoms with Crippen LogP contribution in [0.25, 0.3) is 11.0 Å². The largest absolute Gasteiger partial charge is 0.494 e. The first kappa shape index (κ1) is 27.3. The summed E-state index contributed by atoms with van der Waals surface area (Å²) in [6, 6.07) is 15.8. The van der Waals surface area contributed by atoms with Gasteiger partial charge in [-0.3, -0.25) is 14.5 Å². The number of anilines is 1. The molecule has 1 aromatic heterocycles. The van der Waals surface area contributed by atoms with Gasteiger partial charge in [0.1, 0.15) is 11.3 Å². The molecule has 208 valence electrons. The summed E-state index contributed by atoms with van der Waals surface area (Å²) in [5, 5.41) is 0.456. The molecule has 0 aliphatic carbocycles. The third kappa shape index (κ3) is 4.92. The van der Waals surface area contributed by atoms with Gasteiger partial charge in [-0.15, -0.1) is 0 Å². The first-order chi connectivity index (χ1) is 19.4. The quantitative estimate of drug-likeness (QED) is 0.199. The summed E-state index contributed by atoms with van der Waals surface area (Å²) in [7, 11) is 0. The van der Waals surface area contributed by atoms with Crippen LogP contribution in [0.5, 0.6) is 17.2 Å². The fourth-order valence-electron chi connectivity index (χ4n) is 5.09. The molecule has 1 aliphatic heterocycles. The summed E-state index contributed by atoms with van der Waals surface area (Å²) in [5.41, 5.74) is 3.83. The van der Waals surface area contributed by atoms with Crippen molar-refractivity contribution in [3.05, 3.63) is 92.8 Å². The van der Waals surface area contributed by atoms with E-state index in [4.69, 9.17) is 18.6 Å². The molecular weight excluding hydrogens is 506 g/mol. The van der Waals surface area contributed by atoms with Crippen molar-refractivity contribution >= 4 is 22.6 Å². The summed E-state index contributed by atoms with van der Waals surface area (Å²) in [6.45, 7) is 11.4. The van der Waals surface area contributed by atoms with Crippen LogP contribution < -0.4 is 24.5 Å². The van der Waals surface area contributed by atoms with Gasteiger partial charge < -0.3 is 18.6 Å². The van der Waals surface area contributed by atoms with Crippen molar-refractivity contribution in [2.45, 2.75) is 53.5 Å². The van der Waals surface area contributed by atoms with Crippen molar-refractivity contribution in [2.24, 2.45) is 0 Å².